The third-order valence-corrected chi connectivity index (χ3v) is 6.38. The zero-order valence-electron chi connectivity index (χ0n) is 16.3. The summed E-state index contributed by atoms with van der Waals surface area (Å²) < 4.78 is 19.1. The number of likely N-dealkylation sites (N-methyl/N-ethyl adjacent to an activating group) is 1. The number of nitrogens with two attached hydrogens (primary N) is 1. The maximum absolute atomic E-state index is 14.6. The van der Waals surface area contributed by atoms with Crippen LogP contribution in [0.1, 0.15) is 20.8 Å². The number of nitrogens with zero attached hydrogens (tertiary/aromatic N) is 2. The zero-order valence-corrected chi connectivity index (χ0v) is 17.2. The van der Waals surface area contributed by atoms with Gasteiger partial charge in [0.25, 0.3) is 0 Å². The van der Waals surface area contributed by atoms with E-state index in [0.717, 1.165) is 11.3 Å². The molecule has 8 heteroatoms. The maximum atomic E-state index is 14.6. The van der Waals surface area contributed by atoms with Crippen LogP contribution in [0.5, 0.6) is 0 Å². The summed E-state index contributed by atoms with van der Waals surface area (Å²) in [4.78, 5) is 30.2. The van der Waals surface area contributed by atoms with Crippen LogP contribution in [0.3, 0.4) is 0 Å². The number of amides is 1. The van der Waals surface area contributed by atoms with Crippen molar-refractivity contribution in [2.75, 3.05) is 14.2 Å². The minimum atomic E-state index is -1.22. The van der Waals surface area contributed by atoms with E-state index in [1.165, 1.54) is 13.2 Å². The number of carbonyl (C=O) groups is 2. The molecule has 1 aliphatic heterocycles. The quantitative estimate of drug-likeness (QED) is 0.515. The summed E-state index contributed by atoms with van der Waals surface area (Å²) in [5, 5.41) is 0.577. The number of ether oxygens (including phenoxy) is 1. The predicted octanol–water partition coefficient (Wildman–Crippen LogP) is 3.61. The van der Waals surface area contributed by atoms with Crippen LogP contribution in [0.25, 0.3) is 0 Å². The molecule has 152 valence electrons. The highest BCUT2D eigenvalue weighted by atomic mass is 32.1. The highest BCUT2D eigenvalue weighted by Gasteiger charge is 2.46. The molecule has 2 atom stereocenters. The van der Waals surface area contributed by atoms with Gasteiger partial charge in [-0.05, 0) is 24.3 Å². The lowest BCUT2D eigenvalue weighted by Crippen LogP contribution is -2.52. The van der Waals surface area contributed by atoms with Gasteiger partial charge in [0.15, 0.2) is 5.69 Å². The molecule has 0 fully saturated rings. The van der Waals surface area contributed by atoms with Crippen molar-refractivity contribution in [1.82, 2.24) is 4.48 Å². The highest BCUT2D eigenvalue weighted by molar-refractivity contribution is 7.17. The van der Waals surface area contributed by atoms with Crippen LogP contribution in [0.15, 0.2) is 65.7 Å². The summed E-state index contributed by atoms with van der Waals surface area (Å²) in [6.07, 6.45) is -1.22. The second-order valence-corrected chi connectivity index (χ2v) is 7.96. The Morgan fingerprint density at radius 2 is 1.77 bits per heavy atom. The second kappa shape index (κ2) is 7.56. The molecule has 0 spiro atoms. The van der Waals surface area contributed by atoms with E-state index in [1.807, 2.05) is 0 Å². The Kier molecular flexibility index (Phi) is 5.07. The van der Waals surface area contributed by atoms with E-state index in [9.17, 15) is 14.0 Å². The smallest absolute Gasteiger partial charge is 0.363 e. The van der Waals surface area contributed by atoms with Crippen LogP contribution in [0.2, 0.25) is 0 Å². The first-order valence-electron chi connectivity index (χ1n) is 9.16. The van der Waals surface area contributed by atoms with Crippen LogP contribution in [-0.2, 0) is 9.53 Å². The van der Waals surface area contributed by atoms with E-state index in [4.69, 9.17) is 10.5 Å². The molecule has 2 aromatic carbocycles. The Hall–Kier alpha value is -3.20. The van der Waals surface area contributed by atoms with Crippen molar-refractivity contribution in [2.24, 2.45) is 10.7 Å². The number of hydrogen-bond donors (Lipinski definition) is 1. The number of hydrogen-bond acceptors (Lipinski definition) is 6. The minimum absolute atomic E-state index is 0.267. The molecule has 2 N–H and O–H groups in total. The molecule has 3 aromatic rings. The van der Waals surface area contributed by atoms with Gasteiger partial charge in [-0.2, -0.15) is 4.48 Å². The molecule has 1 aromatic heterocycles. The van der Waals surface area contributed by atoms with Crippen LogP contribution >= 0.6 is 11.3 Å². The Bertz CT molecular complexity index is 1190. The van der Waals surface area contributed by atoms with Crippen molar-refractivity contribution in [3.63, 3.8) is 0 Å². The third-order valence-electron chi connectivity index (χ3n) is 5.15. The summed E-state index contributed by atoms with van der Waals surface area (Å²) in [7, 11) is 3.00. The lowest BCUT2D eigenvalue weighted by Gasteiger charge is -2.30. The van der Waals surface area contributed by atoms with E-state index in [1.54, 1.807) is 61.6 Å². The monoisotopic (exact) mass is 424 g/mol. The van der Waals surface area contributed by atoms with Gasteiger partial charge in [0, 0.05) is 17.7 Å². The molecule has 0 aliphatic carbocycles. The Balaban J connectivity index is 1.97. The number of fused-ring (bicyclic) bond motifs is 1. The van der Waals surface area contributed by atoms with Gasteiger partial charge in [0.05, 0.1) is 25.4 Å². The molecule has 0 saturated heterocycles. The molecule has 4 rings (SSSR count). The van der Waals surface area contributed by atoms with Crippen LogP contribution in [0, 0.1) is 5.82 Å². The lowest BCUT2D eigenvalue weighted by atomic mass is 9.99. The summed E-state index contributed by atoms with van der Waals surface area (Å²) in [6, 6.07) is 16.7. The van der Waals surface area contributed by atoms with Crippen molar-refractivity contribution >= 4 is 39.6 Å². The molecule has 1 aliphatic rings. The molecule has 2 unspecified atom stereocenters. The van der Waals surface area contributed by atoms with E-state index in [-0.39, 0.29) is 10.0 Å². The minimum Gasteiger partial charge on any atom is -0.465 e. The SMILES string of the molecule is COC(=O)c1ccc([N+]2(C)C(=O)C(N)N=C(c3ccccc3F)c3ccccc32)s1. The maximum Gasteiger partial charge on any atom is 0.363 e. The number of esters is 1. The van der Waals surface area contributed by atoms with Gasteiger partial charge in [0.1, 0.15) is 10.7 Å². The number of quaternary nitrogens is 1. The fourth-order valence-electron chi connectivity index (χ4n) is 3.58. The largest absolute Gasteiger partial charge is 0.465 e. The van der Waals surface area contributed by atoms with Gasteiger partial charge in [-0.15, -0.1) is 0 Å². The van der Waals surface area contributed by atoms with E-state index < -0.39 is 23.9 Å². The lowest BCUT2D eigenvalue weighted by molar-refractivity contribution is -0.127. The molecular formula is C22H19FN3O3S+. The molecule has 0 radical (unpaired) electrons. The molecule has 0 bridgehead atoms. The molecule has 30 heavy (non-hydrogen) atoms. The number of aliphatic imine (C=N–C) groups is 1. The van der Waals surface area contributed by atoms with Gasteiger partial charge < -0.3 is 4.74 Å². The fraction of sp³-hybridized carbons (Fsp3) is 0.136. The molecule has 1 amide bonds. The standard InChI is InChI=1S/C22H19FN3O3S/c1-26(18-12-11-17(30-18)22(28)29-2)16-10-6-4-8-14(16)19(25-20(24)21(26)27)13-7-3-5-9-15(13)23/h3-12,20H,24H2,1-2H3/q+1. The Morgan fingerprint density at radius 3 is 2.47 bits per heavy atom. The second-order valence-electron chi connectivity index (χ2n) is 6.89. The number of halogens is 1. The van der Waals surface area contributed by atoms with Crippen LogP contribution in [0.4, 0.5) is 15.1 Å². The first-order valence-corrected chi connectivity index (χ1v) is 9.97. The Morgan fingerprint density at radius 1 is 1.10 bits per heavy atom. The summed E-state index contributed by atoms with van der Waals surface area (Å²) in [5.74, 6) is -1.33. The number of para-hydroxylation sites is 1. The number of methoxy groups -OCH3 is 1. The first-order chi connectivity index (χ1) is 14.4. The third kappa shape index (κ3) is 3.06. The summed E-state index contributed by atoms with van der Waals surface area (Å²) >= 11 is 1.15. The van der Waals surface area contributed by atoms with Gasteiger partial charge in [0.2, 0.25) is 11.2 Å². The van der Waals surface area contributed by atoms with Crippen molar-refractivity contribution in [3.05, 3.63) is 82.5 Å². The van der Waals surface area contributed by atoms with Crippen molar-refractivity contribution in [2.45, 2.75) is 6.17 Å². The van der Waals surface area contributed by atoms with Crippen molar-refractivity contribution in [3.8, 4) is 0 Å². The number of benzodiazepines with no additional fused rings is 1. The zero-order chi connectivity index (χ0) is 21.5. The van der Waals surface area contributed by atoms with Gasteiger partial charge in [-0.3, -0.25) is 10.7 Å². The highest BCUT2D eigenvalue weighted by Crippen LogP contribution is 2.42. The molecule has 0 saturated carbocycles. The predicted molar refractivity (Wildman–Crippen MR) is 114 cm³/mol. The average Bonchev–Trinajstić information content (AvgIpc) is 3.24. The van der Waals surface area contributed by atoms with Crippen LogP contribution in [-0.4, -0.2) is 37.9 Å². The van der Waals surface area contributed by atoms with E-state index >= 15 is 0 Å². The number of rotatable bonds is 3. The van der Waals surface area contributed by atoms with E-state index in [0.29, 0.717) is 26.8 Å². The van der Waals surface area contributed by atoms with Gasteiger partial charge in [-0.25, -0.2) is 14.0 Å². The van der Waals surface area contributed by atoms with E-state index in [2.05, 4.69) is 4.99 Å². The topological polar surface area (TPSA) is 81.8 Å². The van der Waals surface area contributed by atoms with Crippen LogP contribution < -0.4 is 10.2 Å². The fourth-order valence-corrected chi connectivity index (χ4v) is 4.62. The molecule has 6 nitrogen and oxygen atoms in total. The van der Waals surface area contributed by atoms with Crippen molar-refractivity contribution < 1.29 is 18.7 Å². The molecule has 2 heterocycles. The summed E-state index contributed by atoms with van der Waals surface area (Å²) in [6.45, 7) is 0. The number of carbonyl (C=O) groups excluding carboxylic acids is 2. The van der Waals surface area contributed by atoms with Gasteiger partial charge >= 0.3 is 11.9 Å². The van der Waals surface area contributed by atoms with Gasteiger partial charge in [-0.1, -0.05) is 35.6 Å². The summed E-state index contributed by atoms with van der Waals surface area (Å²) in [5.41, 5.74) is 7.95. The number of benzene rings is 2. The average molecular weight is 424 g/mol. The molecular weight excluding hydrogens is 405 g/mol. The normalized spacial score (nSPS) is 20.9. The number of thiophene rings is 1. The first kappa shape index (κ1) is 20.1. The van der Waals surface area contributed by atoms with Crippen molar-refractivity contribution in [1.29, 1.82) is 0 Å². The Labute approximate surface area is 176 Å².